The zero-order chi connectivity index (χ0) is 20.0. The van der Waals surface area contributed by atoms with Gasteiger partial charge in [0.25, 0.3) is 5.91 Å². The Hall–Kier alpha value is -3.29. The summed E-state index contributed by atoms with van der Waals surface area (Å²) in [5, 5.41) is 9.18. The van der Waals surface area contributed by atoms with Crippen molar-refractivity contribution in [3.05, 3.63) is 53.3 Å². The number of amides is 1. The number of carbonyl (C=O) groups is 2. The van der Waals surface area contributed by atoms with Crippen LogP contribution in [0.3, 0.4) is 0 Å². The second kappa shape index (κ2) is 8.88. The molecule has 1 amide bonds. The van der Waals surface area contributed by atoms with Gasteiger partial charge in [0.1, 0.15) is 18.0 Å². The lowest BCUT2D eigenvalue weighted by molar-refractivity contribution is -0.137. The van der Waals surface area contributed by atoms with Gasteiger partial charge >= 0.3 is 5.97 Å². The van der Waals surface area contributed by atoms with Gasteiger partial charge in [0.15, 0.2) is 11.6 Å². The second-order valence-electron chi connectivity index (χ2n) is 5.63. The van der Waals surface area contributed by atoms with Gasteiger partial charge in [-0.15, -0.1) is 0 Å². The van der Waals surface area contributed by atoms with Crippen LogP contribution in [0.4, 0.5) is 4.39 Å². The van der Waals surface area contributed by atoms with Crippen molar-refractivity contribution in [3.8, 4) is 17.2 Å². The third-order valence-electron chi connectivity index (χ3n) is 3.80. The van der Waals surface area contributed by atoms with Gasteiger partial charge < -0.3 is 24.2 Å². The molecule has 0 heterocycles. The van der Waals surface area contributed by atoms with E-state index >= 15 is 0 Å². The van der Waals surface area contributed by atoms with Crippen molar-refractivity contribution in [2.24, 2.45) is 0 Å². The Morgan fingerprint density at radius 3 is 2.15 bits per heavy atom. The summed E-state index contributed by atoms with van der Waals surface area (Å²) in [6.07, 6.45) is 0. The van der Waals surface area contributed by atoms with Crippen molar-refractivity contribution in [2.45, 2.75) is 6.54 Å². The van der Waals surface area contributed by atoms with E-state index in [1.54, 1.807) is 18.2 Å². The Balaban J connectivity index is 2.35. The second-order valence-corrected chi connectivity index (χ2v) is 5.63. The molecule has 2 aromatic carbocycles. The van der Waals surface area contributed by atoms with E-state index in [2.05, 4.69) is 0 Å². The normalized spacial score (nSPS) is 10.2. The van der Waals surface area contributed by atoms with E-state index in [1.807, 2.05) is 0 Å². The zero-order valence-corrected chi connectivity index (χ0v) is 15.2. The standard InChI is InChI=1S/C19H20FNO6/c1-25-14-6-12(7-15(9-14)26-2)10-21(11-18(22)23)19(24)13-4-5-16(20)17(8-13)27-3/h4-9H,10-11H2,1-3H3,(H,22,23). The number of halogens is 1. The molecule has 0 aliphatic heterocycles. The molecule has 0 fully saturated rings. The maximum atomic E-state index is 13.6. The van der Waals surface area contributed by atoms with Gasteiger partial charge in [-0.2, -0.15) is 0 Å². The number of rotatable bonds is 8. The van der Waals surface area contributed by atoms with Crippen LogP contribution < -0.4 is 14.2 Å². The number of carbonyl (C=O) groups excluding carboxylic acids is 1. The van der Waals surface area contributed by atoms with E-state index < -0.39 is 24.2 Å². The molecule has 0 aliphatic carbocycles. The van der Waals surface area contributed by atoms with E-state index in [1.165, 1.54) is 33.5 Å². The molecule has 0 aliphatic rings. The molecule has 27 heavy (non-hydrogen) atoms. The molecule has 0 aromatic heterocycles. The highest BCUT2D eigenvalue weighted by molar-refractivity contribution is 5.96. The molecule has 7 nitrogen and oxygen atoms in total. The molecule has 0 unspecified atom stereocenters. The van der Waals surface area contributed by atoms with Crippen molar-refractivity contribution in [1.82, 2.24) is 4.90 Å². The molecular formula is C19H20FNO6. The highest BCUT2D eigenvalue weighted by Gasteiger charge is 2.21. The lowest BCUT2D eigenvalue weighted by Gasteiger charge is -2.22. The van der Waals surface area contributed by atoms with E-state index in [0.717, 1.165) is 11.0 Å². The minimum atomic E-state index is -1.17. The predicted octanol–water partition coefficient (Wildman–Crippen LogP) is 2.58. The van der Waals surface area contributed by atoms with Crippen LogP contribution in [0.15, 0.2) is 36.4 Å². The van der Waals surface area contributed by atoms with E-state index in [4.69, 9.17) is 14.2 Å². The van der Waals surface area contributed by atoms with Gasteiger partial charge in [-0.1, -0.05) is 0 Å². The molecule has 0 saturated carbocycles. The van der Waals surface area contributed by atoms with Crippen LogP contribution in [0, 0.1) is 5.82 Å². The van der Waals surface area contributed by atoms with Crippen molar-refractivity contribution < 1.29 is 33.3 Å². The Labute approximate surface area is 155 Å². The maximum absolute atomic E-state index is 13.6. The lowest BCUT2D eigenvalue weighted by atomic mass is 10.1. The molecule has 0 bridgehead atoms. The Morgan fingerprint density at radius 2 is 1.63 bits per heavy atom. The summed E-state index contributed by atoms with van der Waals surface area (Å²) in [6, 6.07) is 8.63. The highest BCUT2D eigenvalue weighted by Crippen LogP contribution is 2.25. The molecule has 2 aromatic rings. The largest absolute Gasteiger partial charge is 0.497 e. The topological polar surface area (TPSA) is 85.3 Å². The molecule has 0 saturated heterocycles. The summed E-state index contributed by atoms with van der Waals surface area (Å²) < 4.78 is 28.8. The van der Waals surface area contributed by atoms with Gasteiger partial charge in [-0.05, 0) is 35.9 Å². The van der Waals surface area contributed by atoms with E-state index in [0.29, 0.717) is 17.1 Å². The van der Waals surface area contributed by atoms with Crippen LogP contribution in [0.5, 0.6) is 17.2 Å². The lowest BCUT2D eigenvalue weighted by Crippen LogP contribution is -2.35. The molecule has 2 rings (SSSR count). The average Bonchev–Trinajstić information content (AvgIpc) is 2.66. The Bertz CT molecular complexity index is 817. The smallest absolute Gasteiger partial charge is 0.323 e. The number of nitrogens with zero attached hydrogens (tertiary/aromatic N) is 1. The number of carboxylic acid groups (broad SMARTS) is 1. The number of benzene rings is 2. The molecule has 144 valence electrons. The summed E-state index contributed by atoms with van der Waals surface area (Å²) in [6.45, 7) is -0.531. The first-order valence-electron chi connectivity index (χ1n) is 7.94. The molecule has 1 N–H and O–H groups in total. The number of methoxy groups -OCH3 is 3. The minimum absolute atomic E-state index is 0.00160. The van der Waals surface area contributed by atoms with Crippen molar-refractivity contribution in [1.29, 1.82) is 0 Å². The number of carboxylic acids is 1. The van der Waals surface area contributed by atoms with Crippen molar-refractivity contribution >= 4 is 11.9 Å². The van der Waals surface area contributed by atoms with Crippen LogP contribution in [0.1, 0.15) is 15.9 Å². The van der Waals surface area contributed by atoms with Crippen LogP contribution in [-0.2, 0) is 11.3 Å². The molecule has 0 atom stereocenters. The maximum Gasteiger partial charge on any atom is 0.323 e. The summed E-state index contributed by atoms with van der Waals surface area (Å²) in [5.74, 6) is -1.44. The van der Waals surface area contributed by atoms with Gasteiger partial charge in [-0.3, -0.25) is 9.59 Å². The number of hydrogen-bond donors (Lipinski definition) is 1. The molecular weight excluding hydrogens is 357 g/mol. The fourth-order valence-electron chi connectivity index (χ4n) is 2.52. The van der Waals surface area contributed by atoms with Gasteiger partial charge in [0, 0.05) is 18.2 Å². The fourth-order valence-corrected chi connectivity index (χ4v) is 2.52. The monoisotopic (exact) mass is 377 g/mol. The van der Waals surface area contributed by atoms with Crippen molar-refractivity contribution in [2.75, 3.05) is 27.9 Å². The SMILES string of the molecule is COc1cc(CN(CC(=O)O)C(=O)c2ccc(F)c(OC)c2)cc(OC)c1. The Kier molecular flexibility index (Phi) is 6.59. The quantitative estimate of drug-likeness (QED) is 0.761. The third-order valence-corrected chi connectivity index (χ3v) is 3.80. The highest BCUT2D eigenvalue weighted by atomic mass is 19.1. The van der Waals surface area contributed by atoms with Crippen LogP contribution in [-0.4, -0.2) is 49.8 Å². The first-order chi connectivity index (χ1) is 12.9. The fraction of sp³-hybridized carbons (Fsp3) is 0.263. The first kappa shape index (κ1) is 20.0. The zero-order valence-electron chi connectivity index (χ0n) is 15.2. The first-order valence-corrected chi connectivity index (χ1v) is 7.94. The predicted molar refractivity (Wildman–Crippen MR) is 94.9 cm³/mol. The summed E-state index contributed by atoms with van der Waals surface area (Å²) in [4.78, 5) is 25.2. The van der Waals surface area contributed by atoms with Crippen molar-refractivity contribution in [3.63, 3.8) is 0 Å². The molecule has 0 spiro atoms. The third kappa shape index (κ3) is 5.10. The van der Waals surface area contributed by atoms with Crippen LogP contribution in [0.2, 0.25) is 0 Å². The number of aliphatic carboxylic acids is 1. The Morgan fingerprint density at radius 1 is 1.00 bits per heavy atom. The average molecular weight is 377 g/mol. The van der Waals surface area contributed by atoms with Gasteiger partial charge in [0.2, 0.25) is 0 Å². The number of ether oxygens (including phenoxy) is 3. The summed E-state index contributed by atoms with van der Waals surface area (Å²) >= 11 is 0. The molecule has 0 radical (unpaired) electrons. The summed E-state index contributed by atoms with van der Waals surface area (Å²) in [5.41, 5.74) is 0.735. The van der Waals surface area contributed by atoms with Gasteiger partial charge in [0.05, 0.1) is 21.3 Å². The number of hydrogen-bond acceptors (Lipinski definition) is 5. The van der Waals surface area contributed by atoms with Crippen LogP contribution >= 0.6 is 0 Å². The van der Waals surface area contributed by atoms with Gasteiger partial charge in [-0.25, -0.2) is 4.39 Å². The molecule has 8 heteroatoms. The van der Waals surface area contributed by atoms with E-state index in [-0.39, 0.29) is 17.9 Å². The van der Waals surface area contributed by atoms with Crippen LogP contribution in [0.25, 0.3) is 0 Å². The summed E-state index contributed by atoms with van der Waals surface area (Å²) in [7, 11) is 4.26. The van der Waals surface area contributed by atoms with E-state index in [9.17, 15) is 19.1 Å². The minimum Gasteiger partial charge on any atom is -0.497 e.